The molecule has 5 heteroatoms. The molecule has 1 saturated carbocycles. The second-order valence-corrected chi connectivity index (χ2v) is 6.80. The van der Waals surface area contributed by atoms with Crippen LogP contribution in [0.5, 0.6) is 0 Å². The maximum absolute atomic E-state index is 12.3. The molecular formula is C17H24ClN3O. The molecule has 3 rings (SSSR count). The maximum atomic E-state index is 12.3. The van der Waals surface area contributed by atoms with Gasteiger partial charge in [-0.2, -0.15) is 0 Å². The summed E-state index contributed by atoms with van der Waals surface area (Å²) < 4.78 is 0. The zero-order valence-corrected chi connectivity index (χ0v) is 13.9. The molecule has 2 fully saturated rings. The van der Waals surface area contributed by atoms with Gasteiger partial charge in [0.2, 0.25) is 0 Å². The Balaban J connectivity index is 1.52. The molecule has 1 N–H and O–H groups in total. The summed E-state index contributed by atoms with van der Waals surface area (Å²) >= 11 is 5.95. The summed E-state index contributed by atoms with van der Waals surface area (Å²) in [4.78, 5) is 16.6. The highest BCUT2D eigenvalue weighted by atomic mass is 35.5. The number of rotatable bonds is 4. The lowest BCUT2D eigenvalue weighted by Crippen LogP contribution is -2.52. The summed E-state index contributed by atoms with van der Waals surface area (Å²) in [6, 6.07) is 8.12. The lowest BCUT2D eigenvalue weighted by Gasteiger charge is -2.34. The van der Waals surface area contributed by atoms with Crippen molar-refractivity contribution in [2.45, 2.75) is 25.2 Å². The van der Waals surface area contributed by atoms with E-state index in [1.807, 2.05) is 17.0 Å². The molecule has 22 heavy (non-hydrogen) atoms. The molecule has 0 bridgehead atoms. The summed E-state index contributed by atoms with van der Waals surface area (Å²) in [5.74, 6) is 0. The quantitative estimate of drug-likeness (QED) is 0.925. The van der Waals surface area contributed by atoms with Crippen molar-refractivity contribution >= 4 is 17.6 Å². The van der Waals surface area contributed by atoms with Crippen LogP contribution in [0.4, 0.5) is 4.79 Å². The monoisotopic (exact) mass is 321 g/mol. The van der Waals surface area contributed by atoms with E-state index in [0.717, 1.165) is 57.1 Å². The third-order valence-electron chi connectivity index (χ3n) is 4.99. The van der Waals surface area contributed by atoms with Gasteiger partial charge < -0.3 is 15.1 Å². The number of urea groups is 1. The van der Waals surface area contributed by atoms with E-state index in [1.54, 1.807) is 0 Å². The molecule has 0 spiro atoms. The van der Waals surface area contributed by atoms with Crippen LogP contribution in [0.1, 0.15) is 25.3 Å². The average Bonchev–Trinajstić information content (AvgIpc) is 3.34. The summed E-state index contributed by atoms with van der Waals surface area (Å²) in [7, 11) is 0. The Morgan fingerprint density at radius 1 is 1.18 bits per heavy atom. The van der Waals surface area contributed by atoms with Gasteiger partial charge >= 0.3 is 6.03 Å². The Hall–Kier alpha value is -1.26. The number of halogens is 1. The first-order chi connectivity index (χ1) is 10.6. The molecule has 0 atom stereocenters. The van der Waals surface area contributed by atoms with Crippen LogP contribution in [0.2, 0.25) is 5.02 Å². The first-order valence-corrected chi connectivity index (χ1v) is 8.52. The number of hydrogen-bond donors (Lipinski definition) is 1. The number of carbonyl (C=O) groups is 1. The van der Waals surface area contributed by atoms with Crippen LogP contribution in [-0.4, -0.2) is 55.1 Å². The summed E-state index contributed by atoms with van der Waals surface area (Å²) in [5.41, 5.74) is 1.42. The van der Waals surface area contributed by atoms with E-state index in [2.05, 4.69) is 29.3 Å². The molecule has 1 aliphatic heterocycles. The van der Waals surface area contributed by atoms with Gasteiger partial charge in [0.25, 0.3) is 0 Å². The van der Waals surface area contributed by atoms with E-state index in [9.17, 15) is 4.79 Å². The molecule has 2 amide bonds. The van der Waals surface area contributed by atoms with Gasteiger partial charge in [-0.15, -0.1) is 0 Å². The topological polar surface area (TPSA) is 35.6 Å². The average molecular weight is 322 g/mol. The fourth-order valence-electron chi connectivity index (χ4n) is 3.15. The van der Waals surface area contributed by atoms with Crippen molar-refractivity contribution in [2.75, 3.05) is 39.3 Å². The minimum Gasteiger partial charge on any atom is -0.337 e. The van der Waals surface area contributed by atoms with Gasteiger partial charge in [0.05, 0.1) is 0 Å². The van der Waals surface area contributed by atoms with E-state index in [0.29, 0.717) is 0 Å². The molecule has 1 heterocycles. The van der Waals surface area contributed by atoms with Crippen LogP contribution >= 0.6 is 11.6 Å². The van der Waals surface area contributed by atoms with Gasteiger partial charge in [-0.3, -0.25) is 0 Å². The second-order valence-electron chi connectivity index (χ2n) is 6.37. The van der Waals surface area contributed by atoms with Crippen molar-refractivity contribution in [3.63, 3.8) is 0 Å². The van der Waals surface area contributed by atoms with Crippen molar-refractivity contribution in [2.24, 2.45) is 0 Å². The van der Waals surface area contributed by atoms with Crippen molar-refractivity contribution in [3.05, 3.63) is 34.9 Å². The molecule has 1 aromatic rings. The van der Waals surface area contributed by atoms with E-state index >= 15 is 0 Å². The number of carbonyl (C=O) groups excluding carboxylic acids is 1. The van der Waals surface area contributed by atoms with Crippen LogP contribution in [0.3, 0.4) is 0 Å². The number of hydrogen-bond acceptors (Lipinski definition) is 2. The Bertz CT molecular complexity index is 519. The number of piperazine rings is 1. The Morgan fingerprint density at radius 2 is 1.82 bits per heavy atom. The molecule has 0 aromatic heterocycles. The second kappa shape index (κ2) is 6.47. The fourth-order valence-corrected chi connectivity index (χ4v) is 3.27. The normalized spacial score (nSPS) is 20.7. The van der Waals surface area contributed by atoms with Crippen LogP contribution in [0.15, 0.2) is 24.3 Å². The van der Waals surface area contributed by atoms with Crippen LogP contribution in [0.25, 0.3) is 0 Å². The molecule has 0 radical (unpaired) electrons. The number of benzene rings is 1. The first kappa shape index (κ1) is 15.6. The zero-order valence-electron chi connectivity index (χ0n) is 13.1. The lowest BCUT2D eigenvalue weighted by atomic mass is 9.96. The number of likely N-dealkylation sites (N-methyl/N-ethyl adjacent to an activating group) is 1. The van der Waals surface area contributed by atoms with Crippen molar-refractivity contribution in [1.82, 2.24) is 15.1 Å². The van der Waals surface area contributed by atoms with E-state index < -0.39 is 0 Å². The van der Waals surface area contributed by atoms with Gasteiger partial charge in [-0.05, 0) is 37.1 Å². The van der Waals surface area contributed by atoms with Gasteiger partial charge in [-0.25, -0.2) is 4.79 Å². The molecule has 2 aliphatic rings. The van der Waals surface area contributed by atoms with Crippen molar-refractivity contribution in [1.29, 1.82) is 0 Å². The molecule has 4 nitrogen and oxygen atoms in total. The molecular weight excluding hydrogens is 298 g/mol. The molecule has 0 unspecified atom stereocenters. The maximum Gasteiger partial charge on any atom is 0.317 e. The van der Waals surface area contributed by atoms with Gasteiger partial charge in [-0.1, -0.05) is 30.7 Å². The standard InChI is InChI=1S/C17H24ClN3O/c1-2-20-9-11-21(12-10-20)16(22)19-13-17(7-8-17)14-3-5-15(18)6-4-14/h3-6H,2,7-13H2,1H3,(H,19,22). The van der Waals surface area contributed by atoms with Crippen LogP contribution < -0.4 is 5.32 Å². The molecule has 1 saturated heterocycles. The molecule has 1 aromatic carbocycles. The summed E-state index contributed by atoms with van der Waals surface area (Å²) in [5, 5.41) is 3.90. The summed E-state index contributed by atoms with van der Waals surface area (Å²) in [6.07, 6.45) is 2.27. The Labute approximate surface area is 137 Å². The van der Waals surface area contributed by atoms with Gasteiger partial charge in [0.1, 0.15) is 0 Å². The zero-order chi connectivity index (χ0) is 15.6. The van der Waals surface area contributed by atoms with E-state index in [4.69, 9.17) is 11.6 Å². The van der Waals surface area contributed by atoms with E-state index in [1.165, 1.54) is 5.56 Å². The fraction of sp³-hybridized carbons (Fsp3) is 0.588. The molecule has 120 valence electrons. The predicted octanol–water partition coefficient (Wildman–Crippen LogP) is 2.72. The van der Waals surface area contributed by atoms with Crippen molar-refractivity contribution < 1.29 is 4.79 Å². The number of nitrogens with zero attached hydrogens (tertiary/aromatic N) is 2. The SMILES string of the molecule is CCN1CCN(C(=O)NCC2(c3ccc(Cl)cc3)CC2)CC1. The van der Waals surface area contributed by atoms with Crippen LogP contribution in [-0.2, 0) is 5.41 Å². The third kappa shape index (κ3) is 3.39. The molecule has 1 aliphatic carbocycles. The van der Waals surface area contributed by atoms with Gasteiger partial charge in [0, 0.05) is 43.2 Å². The Morgan fingerprint density at radius 3 is 2.36 bits per heavy atom. The largest absolute Gasteiger partial charge is 0.337 e. The highest BCUT2D eigenvalue weighted by Gasteiger charge is 2.44. The summed E-state index contributed by atoms with van der Waals surface area (Å²) in [6.45, 7) is 7.56. The number of amides is 2. The highest BCUT2D eigenvalue weighted by Crippen LogP contribution is 2.47. The third-order valence-corrected chi connectivity index (χ3v) is 5.25. The highest BCUT2D eigenvalue weighted by molar-refractivity contribution is 6.30. The minimum atomic E-state index is 0.0796. The van der Waals surface area contributed by atoms with Crippen LogP contribution in [0, 0.1) is 0 Å². The number of nitrogens with one attached hydrogen (secondary N) is 1. The minimum absolute atomic E-state index is 0.0796. The smallest absolute Gasteiger partial charge is 0.317 e. The lowest BCUT2D eigenvalue weighted by molar-refractivity contribution is 0.142. The first-order valence-electron chi connectivity index (χ1n) is 8.14. The van der Waals surface area contributed by atoms with Gasteiger partial charge in [0.15, 0.2) is 0 Å². The predicted molar refractivity (Wildman–Crippen MR) is 89.4 cm³/mol. The Kier molecular flexibility index (Phi) is 4.59. The van der Waals surface area contributed by atoms with E-state index in [-0.39, 0.29) is 11.4 Å². The van der Waals surface area contributed by atoms with Crippen molar-refractivity contribution in [3.8, 4) is 0 Å².